The van der Waals surface area contributed by atoms with Crippen LogP contribution in [0.5, 0.6) is 0 Å². The molecule has 0 aromatic heterocycles. The summed E-state index contributed by atoms with van der Waals surface area (Å²) in [5.41, 5.74) is -0.477. The number of carbonyl (C=O) groups excluding carboxylic acids is 2. The first-order chi connectivity index (χ1) is 4.04. The van der Waals surface area contributed by atoms with E-state index < -0.39 is 23.9 Å². The van der Waals surface area contributed by atoms with Crippen molar-refractivity contribution in [3.8, 4) is 0 Å². The summed E-state index contributed by atoms with van der Waals surface area (Å²) < 4.78 is 0. The van der Waals surface area contributed by atoms with E-state index >= 15 is 0 Å². The van der Waals surface area contributed by atoms with Crippen molar-refractivity contribution in [3.05, 3.63) is 12.2 Å². The second kappa shape index (κ2) is 9.40. The van der Waals surface area contributed by atoms with Crippen LogP contribution in [0.15, 0.2) is 12.2 Å². The molecule has 0 saturated carbocycles. The van der Waals surface area contributed by atoms with E-state index in [-0.39, 0.29) is 80.9 Å². The van der Waals surface area contributed by atoms with Gasteiger partial charge in [0, 0.05) is 12.4 Å². The average Bonchev–Trinajstić information content (AvgIpc) is 1.63. The van der Waals surface area contributed by atoms with E-state index in [4.69, 9.17) is 0 Å². The largest absolute Gasteiger partial charge is 1.00 e. The number of carbonyl (C=O) groups is 2. The fourth-order valence-corrected chi connectivity index (χ4v) is 0.246. The van der Waals surface area contributed by atoms with Gasteiger partial charge in [-0.05, 0) is 5.57 Å². The van der Waals surface area contributed by atoms with Gasteiger partial charge < -0.3 is 19.8 Å². The maximum absolute atomic E-state index is 9.73. The van der Waals surface area contributed by atoms with Crippen LogP contribution in [0.1, 0.15) is 6.42 Å². The minimum atomic E-state index is -1.56. The van der Waals surface area contributed by atoms with Gasteiger partial charge in [0.15, 0.2) is 0 Å². The van der Waals surface area contributed by atoms with Crippen LogP contribution in [0.2, 0.25) is 0 Å². The molecule has 4 nitrogen and oxygen atoms in total. The van der Waals surface area contributed by atoms with Crippen LogP contribution in [0.4, 0.5) is 0 Å². The van der Waals surface area contributed by atoms with E-state index in [2.05, 4.69) is 6.58 Å². The van der Waals surface area contributed by atoms with Gasteiger partial charge in [0.1, 0.15) is 0 Å². The molecule has 0 radical (unpaired) electrons. The molecule has 0 aliphatic carbocycles. The zero-order valence-electron chi connectivity index (χ0n) is 6.55. The SMILES string of the molecule is C=C(CC(=O)[O-])C(=O)[O-].[K+].[Na+]. The van der Waals surface area contributed by atoms with E-state index in [0.717, 1.165) is 0 Å². The van der Waals surface area contributed by atoms with Gasteiger partial charge in [0.05, 0.1) is 5.97 Å². The molecule has 50 valence electrons. The van der Waals surface area contributed by atoms with Crippen molar-refractivity contribution in [1.82, 2.24) is 0 Å². The number of rotatable bonds is 3. The van der Waals surface area contributed by atoms with Crippen molar-refractivity contribution >= 4 is 11.9 Å². The molecule has 0 aromatic rings. The van der Waals surface area contributed by atoms with Gasteiger partial charge in [-0.25, -0.2) is 0 Å². The van der Waals surface area contributed by atoms with Gasteiger partial charge >= 0.3 is 80.9 Å². The predicted molar refractivity (Wildman–Crippen MR) is 23.8 cm³/mol. The van der Waals surface area contributed by atoms with Gasteiger partial charge in [-0.15, -0.1) is 0 Å². The zero-order valence-corrected chi connectivity index (χ0v) is 11.7. The summed E-state index contributed by atoms with van der Waals surface area (Å²) in [6, 6.07) is 0. The Kier molecular flexibility index (Phi) is 15.5. The number of hydrogen-bond donors (Lipinski definition) is 0. The molecule has 0 atom stereocenters. The second-order valence-electron chi connectivity index (χ2n) is 1.44. The maximum atomic E-state index is 9.73. The summed E-state index contributed by atoms with van der Waals surface area (Å²) in [5, 5.41) is 19.4. The van der Waals surface area contributed by atoms with Crippen LogP contribution in [0.25, 0.3) is 0 Å². The molecule has 0 rings (SSSR count). The average molecular weight is 190 g/mol. The summed E-state index contributed by atoms with van der Waals surface area (Å²) >= 11 is 0. The van der Waals surface area contributed by atoms with E-state index in [1.165, 1.54) is 0 Å². The fourth-order valence-electron chi connectivity index (χ4n) is 0.246. The van der Waals surface area contributed by atoms with E-state index in [1.807, 2.05) is 0 Å². The van der Waals surface area contributed by atoms with Crippen molar-refractivity contribution < 1.29 is 101 Å². The summed E-state index contributed by atoms with van der Waals surface area (Å²) in [4.78, 5) is 19.4. The normalized spacial score (nSPS) is 6.91. The molecule has 0 N–H and O–H groups in total. The molecule has 11 heavy (non-hydrogen) atoms. The summed E-state index contributed by atoms with van der Waals surface area (Å²) in [6.07, 6.45) is -0.678. The number of carboxylic acids is 2. The van der Waals surface area contributed by atoms with Crippen molar-refractivity contribution in [1.29, 1.82) is 0 Å². The number of aliphatic carboxylic acids is 2. The Balaban J connectivity index is -0.000000320. The molecule has 0 bridgehead atoms. The number of hydrogen-bond acceptors (Lipinski definition) is 4. The molecule has 0 aliphatic rings. The molecule has 0 spiro atoms. The third-order valence-corrected chi connectivity index (χ3v) is 0.646. The maximum Gasteiger partial charge on any atom is 1.00 e. The fraction of sp³-hybridized carbons (Fsp3) is 0.200. The van der Waals surface area contributed by atoms with Crippen LogP contribution in [-0.2, 0) is 9.59 Å². The van der Waals surface area contributed by atoms with Crippen LogP contribution in [0.3, 0.4) is 0 Å². The molecule has 0 amide bonds. The van der Waals surface area contributed by atoms with Crippen molar-refractivity contribution in [2.24, 2.45) is 0 Å². The van der Waals surface area contributed by atoms with Crippen LogP contribution < -0.4 is 91.2 Å². The van der Waals surface area contributed by atoms with Gasteiger partial charge in [-0.1, -0.05) is 6.58 Å². The Morgan fingerprint density at radius 1 is 1.27 bits per heavy atom. The zero-order chi connectivity index (χ0) is 7.44. The van der Waals surface area contributed by atoms with E-state index in [9.17, 15) is 19.8 Å². The Bertz CT molecular complexity index is 168. The summed E-state index contributed by atoms with van der Waals surface area (Å²) in [5.74, 6) is -3.02. The molecule has 0 unspecified atom stereocenters. The van der Waals surface area contributed by atoms with Crippen LogP contribution in [0, 0.1) is 0 Å². The molecule has 0 fully saturated rings. The Morgan fingerprint density at radius 2 is 1.64 bits per heavy atom. The molecule has 0 saturated heterocycles. The Morgan fingerprint density at radius 3 is 1.73 bits per heavy atom. The molecular weight excluding hydrogens is 186 g/mol. The minimum Gasteiger partial charge on any atom is -0.550 e. The van der Waals surface area contributed by atoms with Crippen LogP contribution >= 0.6 is 0 Å². The third-order valence-electron chi connectivity index (χ3n) is 0.646. The summed E-state index contributed by atoms with van der Waals surface area (Å²) in [6.45, 7) is 2.91. The topological polar surface area (TPSA) is 80.3 Å². The predicted octanol–water partition coefficient (Wildman–Crippen LogP) is -8.56. The van der Waals surface area contributed by atoms with Crippen molar-refractivity contribution in [3.63, 3.8) is 0 Å². The standard InChI is InChI=1S/C5H6O4.K.Na/c1-3(5(8)9)2-4(6)7;;/h1-2H2,(H,6,7)(H,8,9);;/q;2*+1/p-2. The van der Waals surface area contributed by atoms with E-state index in [1.54, 1.807) is 0 Å². The molecule has 6 heteroatoms. The quantitative estimate of drug-likeness (QED) is 0.327. The van der Waals surface area contributed by atoms with Gasteiger partial charge in [0.25, 0.3) is 0 Å². The van der Waals surface area contributed by atoms with Crippen molar-refractivity contribution in [2.45, 2.75) is 6.42 Å². The Hall–Kier alpha value is 1.32. The van der Waals surface area contributed by atoms with Crippen molar-refractivity contribution in [2.75, 3.05) is 0 Å². The summed E-state index contributed by atoms with van der Waals surface area (Å²) in [7, 11) is 0. The van der Waals surface area contributed by atoms with Gasteiger partial charge in [-0.2, -0.15) is 0 Å². The molecular formula is C5H4KNaO4. The first kappa shape index (κ1) is 18.2. The molecule has 0 heterocycles. The smallest absolute Gasteiger partial charge is 0.550 e. The minimum absolute atomic E-state index is 0. The third kappa shape index (κ3) is 11.3. The first-order valence-electron chi connectivity index (χ1n) is 2.13. The first-order valence-corrected chi connectivity index (χ1v) is 2.13. The molecule has 0 aliphatic heterocycles. The van der Waals surface area contributed by atoms with Crippen LogP contribution in [-0.4, -0.2) is 11.9 Å². The number of carboxylic acid groups (broad SMARTS) is 2. The monoisotopic (exact) mass is 190 g/mol. The molecule has 0 aromatic carbocycles. The van der Waals surface area contributed by atoms with E-state index in [0.29, 0.717) is 0 Å². The second-order valence-corrected chi connectivity index (χ2v) is 1.44. The van der Waals surface area contributed by atoms with Gasteiger partial charge in [0.2, 0.25) is 0 Å². The Labute approximate surface area is 129 Å². The van der Waals surface area contributed by atoms with Gasteiger partial charge in [-0.3, -0.25) is 0 Å².